The summed E-state index contributed by atoms with van der Waals surface area (Å²) < 4.78 is 0. The molecule has 1 aromatic carbocycles. The van der Waals surface area contributed by atoms with Crippen molar-refractivity contribution in [2.45, 2.75) is 33.2 Å². The average molecular weight is 312 g/mol. The van der Waals surface area contributed by atoms with Crippen LogP contribution in [-0.4, -0.2) is 36.5 Å². The Morgan fingerprint density at radius 1 is 1.48 bits per heavy atom. The van der Waals surface area contributed by atoms with Crippen LogP contribution in [0.3, 0.4) is 0 Å². The van der Waals surface area contributed by atoms with Crippen molar-refractivity contribution < 1.29 is 4.79 Å². The summed E-state index contributed by atoms with van der Waals surface area (Å²) in [7, 11) is 0. The molecule has 0 aromatic heterocycles. The third-order valence-corrected chi connectivity index (χ3v) is 4.08. The SMILES string of the molecule is Cc1ccc(NC(=O)CN2CCC(C(C)N)C2)c(C)c1.Cl. The smallest absolute Gasteiger partial charge is 0.238 e. The number of anilines is 1. The maximum atomic E-state index is 12.1. The lowest BCUT2D eigenvalue weighted by atomic mass is 10.0. The second-order valence-electron chi connectivity index (χ2n) is 6.01. The fourth-order valence-corrected chi connectivity index (χ4v) is 2.78. The van der Waals surface area contributed by atoms with Gasteiger partial charge >= 0.3 is 0 Å². The molecule has 5 heteroatoms. The summed E-state index contributed by atoms with van der Waals surface area (Å²) >= 11 is 0. The molecule has 2 unspecified atom stereocenters. The Kier molecular flexibility index (Phi) is 6.65. The Balaban J connectivity index is 0.00000220. The molecule has 1 heterocycles. The van der Waals surface area contributed by atoms with E-state index in [0.717, 1.165) is 30.8 Å². The van der Waals surface area contributed by atoms with E-state index in [2.05, 4.69) is 23.2 Å². The van der Waals surface area contributed by atoms with Crippen molar-refractivity contribution in [3.8, 4) is 0 Å². The first kappa shape index (κ1) is 18.0. The molecule has 21 heavy (non-hydrogen) atoms. The number of carbonyl (C=O) groups is 1. The number of benzene rings is 1. The zero-order chi connectivity index (χ0) is 14.7. The zero-order valence-electron chi connectivity index (χ0n) is 13.1. The number of likely N-dealkylation sites (tertiary alicyclic amines) is 1. The van der Waals surface area contributed by atoms with Crippen LogP contribution in [0.2, 0.25) is 0 Å². The predicted octanol–water partition coefficient (Wildman–Crippen LogP) is 2.33. The van der Waals surface area contributed by atoms with Crippen molar-refractivity contribution in [1.82, 2.24) is 4.90 Å². The van der Waals surface area contributed by atoms with E-state index in [1.54, 1.807) is 0 Å². The summed E-state index contributed by atoms with van der Waals surface area (Å²) in [6.45, 7) is 8.46. The van der Waals surface area contributed by atoms with E-state index in [-0.39, 0.29) is 24.4 Å². The minimum Gasteiger partial charge on any atom is -0.328 e. The first-order chi connectivity index (χ1) is 9.45. The quantitative estimate of drug-likeness (QED) is 0.897. The molecule has 0 spiro atoms. The highest BCUT2D eigenvalue weighted by atomic mass is 35.5. The molecule has 1 fully saturated rings. The van der Waals surface area contributed by atoms with Crippen LogP contribution in [0.4, 0.5) is 5.69 Å². The molecule has 1 aromatic rings. The topological polar surface area (TPSA) is 58.4 Å². The van der Waals surface area contributed by atoms with Crippen molar-refractivity contribution in [1.29, 1.82) is 0 Å². The highest BCUT2D eigenvalue weighted by Crippen LogP contribution is 2.19. The summed E-state index contributed by atoms with van der Waals surface area (Å²) in [6, 6.07) is 6.28. The van der Waals surface area contributed by atoms with Gasteiger partial charge in [0.05, 0.1) is 6.54 Å². The molecule has 1 amide bonds. The predicted molar refractivity (Wildman–Crippen MR) is 90.0 cm³/mol. The first-order valence-electron chi connectivity index (χ1n) is 7.30. The van der Waals surface area contributed by atoms with Gasteiger partial charge in [-0.05, 0) is 51.3 Å². The molecule has 0 radical (unpaired) electrons. The molecule has 4 nitrogen and oxygen atoms in total. The van der Waals surface area contributed by atoms with Crippen LogP contribution in [0.5, 0.6) is 0 Å². The summed E-state index contributed by atoms with van der Waals surface area (Å²) in [5.41, 5.74) is 9.14. The van der Waals surface area contributed by atoms with Crippen LogP contribution < -0.4 is 11.1 Å². The van der Waals surface area contributed by atoms with E-state index in [0.29, 0.717) is 12.5 Å². The van der Waals surface area contributed by atoms with Gasteiger partial charge in [0, 0.05) is 18.3 Å². The molecule has 2 rings (SSSR count). The standard InChI is InChI=1S/C16H25N3O.ClH/c1-11-4-5-15(12(2)8-11)18-16(20)10-19-7-6-14(9-19)13(3)17;/h4-5,8,13-14H,6-7,9-10,17H2,1-3H3,(H,18,20);1H. The molecule has 0 saturated carbocycles. The second-order valence-corrected chi connectivity index (χ2v) is 6.01. The molecule has 0 aliphatic carbocycles. The molecule has 1 saturated heterocycles. The largest absolute Gasteiger partial charge is 0.328 e. The van der Waals surface area contributed by atoms with Gasteiger partial charge in [-0.3, -0.25) is 9.69 Å². The number of rotatable bonds is 4. The summed E-state index contributed by atoms with van der Waals surface area (Å²) in [5.74, 6) is 0.575. The summed E-state index contributed by atoms with van der Waals surface area (Å²) in [6.07, 6.45) is 1.09. The first-order valence-corrected chi connectivity index (χ1v) is 7.30. The van der Waals surface area contributed by atoms with Crippen molar-refractivity contribution in [2.75, 3.05) is 25.0 Å². The van der Waals surface area contributed by atoms with Gasteiger partial charge in [-0.15, -0.1) is 12.4 Å². The van der Waals surface area contributed by atoms with E-state index in [1.807, 2.05) is 26.0 Å². The van der Waals surface area contributed by atoms with E-state index in [4.69, 9.17) is 5.73 Å². The van der Waals surface area contributed by atoms with Crippen LogP contribution >= 0.6 is 12.4 Å². The van der Waals surface area contributed by atoms with Gasteiger partial charge in [0.2, 0.25) is 5.91 Å². The number of nitrogens with two attached hydrogens (primary N) is 1. The average Bonchev–Trinajstić information content (AvgIpc) is 2.81. The molecular weight excluding hydrogens is 286 g/mol. The lowest BCUT2D eigenvalue weighted by Gasteiger charge is -2.18. The van der Waals surface area contributed by atoms with Crippen LogP contribution in [-0.2, 0) is 4.79 Å². The number of hydrogen-bond acceptors (Lipinski definition) is 3. The summed E-state index contributed by atoms with van der Waals surface area (Å²) in [4.78, 5) is 14.3. The third kappa shape index (κ3) is 4.99. The normalized spacial score (nSPS) is 19.9. The van der Waals surface area contributed by atoms with Gasteiger partial charge in [0.15, 0.2) is 0 Å². The number of amides is 1. The van der Waals surface area contributed by atoms with Crippen molar-refractivity contribution in [3.63, 3.8) is 0 Å². The van der Waals surface area contributed by atoms with Gasteiger partial charge in [-0.1, -0.05) is 17.7 Å². The van der Waals surface area contributed by atoms with Crippen molar-refractivity contribution in [3.05, 3.63) is 29.3 Å². The fourth-order valence-electron chi connectivity index (χ4n) is 2.78. The Morgan fingerprint density at radius 2 is 2.19 bits per heavy atom. The molecule has 2 atom stereocenters. The van der Waals surface area contributed by atoms with E-state index < -0.39 is 0 Å². The molecule has 1 aliphatic heterocycles. The monoisotopic (exact) mass is 311 g/mol. The Morgan fingerprint density at radius 3 is 2.76 bits per heavy atom. The highest BCUT2D eigenvalue weighted by molar-refractivity contribution is 5.93. The number of carbonyl (C=O) groups excluding carboxylic acids is 1. The molecule has 118 valence electrons. The Bertz CT molecular complexity index is 490. The lowest BCUT2D eigenvalue weighted by molar-refractivity contribution is -0.117. The number of aryl methyl sites for hydroxylation is 2. The van der Waals surface area contributed by atoms with Crippen LogP contribution in [0.25, 0.3) is 0 Å². The zero-order valence-corrected chi connectivity index (χ0v) is 13.9. The van der Waals surface area contributed by atoms with Crippen LogP contribution in [0.1, 0.15) is 24.5 Å². The van der Waals surface area contributed by atoms with E-state index in [9.17, 15) is 4.79 Å². The number of nitrogens with zero attached hydrogens (tertiary/aromatic N) is 1. The fraction of sp³-hybridized carbons (Fsp3) is 0.562. The molecule has 1 aliphatic rings. The molecule has 0 bridgehead atoms. The minimum absolute atomic E-state index is 0. The number of halogens is 1. The molecule has 3 N–H and O–H groups in total. The maximum absolute atomic E-state index is 12.1. The van der Waals surface area contributed by atoms with Crippen LogP contribution in [0.15, 0.2) is 18.2 Å². The van der Waals surface area contributed by atoms with Gasteiger partial charge in [0.1, 0.15) is 0 Å². The molecular formula is C16H26ClN3O. The lowest BCUT2D eigenvalue weighted by Crippen LogP contribution is -2.34. The minimum atomic E-state index is 0. The number of nitrogens with one attached hydrogen (secondary N) is 1. The maximum Gasteiger partial charge on any atom is 0.238 e. The van der Waals surface area contributed by atoms with E-state index >= 15 is 0 Å². The highest BCUT2D eigenvalue weighted by Gasteiger charge is 2.26. The second kappa shape index (κ2) is 7.78. The van der Waals surface area contributed by atoms with Crippen molar-refractivity contribution in [2.24, 2.45) is 11.7 Å². The summed E-state index contributed by atoms with van der Waals surface area (Å²) in [5, 5.41) is 3.00. The Hall–Kier alpha value is -1.10. The third-order valence-electron chi connectivity index (χ3n) is 4.08. The van der Waals surface area contributed by atoms with Crippen molar-refractivity contribution >= 4 is 24.0 Å². The van der Waals surface area contributed by atoms with Gasteiger partial charge in [-0.2, -0.15) is 0 Å². The Labute approximate surface area is 133 Å². The van der Waals surface area contributed by atoms with Crippen LogP contribution in [0, 0.1) is 19.8 Å². The van der Waals surface area contributed by atoms with Gasteiger partial charge in [-0.25, -0.2) is 0 Å². The van der Waals surface area contributed by atoms with Gasteiger partial charge in [0.25, 0.3) is 0 Å². The van der Waals surface area contributed by atoms with E-state index in [1.165, 1.54) is 5.56 Å². The number of hydrogen-bond donors (Lipinski definition) is 2. The van der Waals surface area contributed by atoms with Gasteiger partial charge < -0.3 is 11.1 Å².